The maximum absolute atomic E-state index is 11.6. The van der Waals surface area contributed by atoms with E-state index >= 15 is 0 Å². The van der Waals surface area contributed by atoms with E-state index in [1.54, 1.807) is 4.31 Å². The summed E-state index contributed by atoms with van der Waals surface area (Å²) in [5, 5.41) is 7.08. The van der Waals surface area contributed by atoms with Crippen LogP contribution >= 0.6 is 0 Å². The molecule has 8 heteroatoms. The normalized spacial score (nSPS) is 31.7. The summed E-state index contributed by atoms with van der Waals surface area (Å²) >= 11 is 0. The highest BCUT2D eigenvalue weighted by molar-refractivity contribution is 7.88. The Bertz CT molecular complexity index is 602. The topological polar surface area (TPSA) is 77.0 Å². The van der Waals surface area contributed by atoms with Crippen molar-refractivity contribution in [2.45, 2.75) is 70.0 Å². The van der Waals surface area contributed by atoms with Crippen LogP contribution in [-0.2, 0) is 10.0 Å². The molecule has 0 aromatic carbocycles. The Balaban J connectivity index is 1.51. The molecule has 3 aliphatic rings. The SMILES string of the molecule is CCNC(=NCC1CCN(S(C)(=O)=O)CC1)NC1CC2CCCC(C1)N2C. The molecule has 0 amide bonds. The number of fused-ring (bicyclic) bond motifs is 2. The summed E-state index contributed by atoms with van der Waals surface area (Å²) in [5.41, 5.74) is 0. The molecule has 0 spiro atoms. The van der Waals surface area contributed by atoms with Gasteiger partial charge in [-0.3, -0.25) is 4.99 Å². The lowest BCUT2D eigenvalue weighted by molar-refractivity contribution is 0.0526. The summed E-state index contributed by atoms with van der Waals surface area (Å²) in [6, 6.07) is 1.91. The van der Waals surface area contributed by atoms with E-state index < -0.39 is 10.0 Å². The maximum Gasteiger partial charge on any atom is 0.211 e. The molecule has 2 unspecified atom stereocenters. The third-order valence-corrected chi connectivity index (χ3v) is 7.88. The van der Waals surface area contributed by atoms with Crippen LogP contribution in [0.15, 0.2) is 4.99 Å². The van der Waals surface area contributed by atoms with Gasteiger partial charge in [0.25, 0.3) is 0 Å². The number of sulfonamides is 1. The molecule has 0 radical (unpaired) electrons. The van der Waals surface area contributed by atoms with Crippen molar-refractivity contribution in [3.63, 3.8) is 0 Å². The summed E-state index contributed by atoms with van der Waals surface area (Å²) in [6.45, 7) is 4.98. The van der Waals surface area contributed by atoms with Gasteiger partial charge in [-0.25, -0.2) is 12.7 Å². The first-order valence-electron chi connectivity index (χ1n) is 10.6. The van der Waals surface area contributed by atoms with Crippen LogP contribution in [-0.4, -0.2) is 81.2 Å². The first-order valence-corrected chi connectivity index (χ1v) is 12.4. The monoisotopic (exact) mass is 399 g/mol. The van der Waals surface area contributed by atoms with E-state index in [0.717, 1.165) is 31.9 Å². The molecule has 3 saturated heterocycles. The highest BCUT2D eigenvalue weighted by Gasteiger charge is 2.36. The van der Waals surface area contributed by atoms with Gasteiger partial charge in [-0.05, 0) is 58.4 Å². The molecule has 0 aromatic rings. The molecule has 3 heterocycles. The lowest BCUT2D eigenvalue weighted by Gasteiger charge is -2.47. The minimum atomic E-state index is -3.05. The second-order valence-corrected chi connectivity index (χ2v) is 10.5. The summed E-state index contributed by atoms with van der Waals surface area (Å²) in [5.74, 6) is 1.39. The third-order valence-electron chi connectivity index (χ3n) is 6.57. The molecular formula is C19H37N5O2S. The Morgan fingerprint density at radius 1 is 1.11 bits per heavy atom. The van der Waals surface area contributed by atoms with E-state index in [4.69, 9.17) is 4.99 Å². The van der Waals surface area contributed by atoms with Gasteiger partial charge < -0.3 is 15.5 Å². The molecule has 0 saturated carbocycles. The molecule has 0 aromatic heterocycles. The Morgan fingerprint density at radius 2 is 1.74 bits per heavy atom. The fraction of sp³-hybridized carbons (Fsp3) is 0.947. The molecule has 3 rings (SSSR count). The van der Waals surface area contributed by atoms with Crippen molar-refractivity contribution in [2.24, 2.45) is 10.9 Å². The van der Waals surface area contributed by atoms with Crippen molar-refractivity contribution in [2.75, 3.05) is 39.5 Å². The van der Waals surface area contributed by atoms with Crippen LogP contribution in [0.5, 0.6) is 0 Å². The average molecular weight is 400 g/mol. The number of piperidine rings is 3. The lowest BCUT2D eigenvalue weighted by Crippen LogP contribution is -2.56. The first-order chi connectivity index (χ1) is 12.9. The summed E-state index contributed by atoms with van der Waals surface area (Å²) in [7, 11) is -0.767. The zero-order valence-electron chi connectivity index (χ0n) is 17.2. The quantitative estimate of drug-likeness (QED) is 0.537. The van der Waals surface area contributed by atoms with Gasteiger partial charge in [-0.2, -0.15) is 0 Å². The van der Waals surface area contributed by atoms with Crippen molar-refractivity contribution in [1.29, 1.82) is 0 Å². The zero-order valence-corrected chi connectivity index (χ0v) is 18.0. The minimum Gasteiger partial charge on any atom is -0.357 e. The van der Waals surface area contributed by atoms with Crippen LogP contribution in [0.1, 0.15) is 51.9 Å². The average Bonchev–Trinajstić information content (AvgIpc) is 2.60. The van der Waals surface area contributed by atoms with Crippen LogP contribution in [0.2, 0.25) is 0 Å². The molecule has 2 bridgehead atoms. The zero-order chi connectivity index (χ0) is 19.4. The highest BCUT2D eigenvalue weighted by Crippen LogP contribution is 2.32. The van der Waals surface area contributed by atoms with E-state index in [1.165, 1.54) is 38.4 Å². The van der Waals surface area contributed by atoms with Gasteiger partial charge in [0.05, 0.1) is 6.26 Å². The van der Waals surface area contributed by atoms with Crippen molar-refractivity contribution in [1.82, 2.24) is 19.8 Å². The summed E-state index contributed by atoms with van der Waals surface area (Å²) in [6.07, 6.45) is 9.49. The second kappa shape index (κ2) is 9.09. The van der Waals surface area contributed by atoms with Crippen LogP contribution in [0.3, 0.4) is 0 Å². The highest BCUT2D eigenvalue weighted by atomic mass is 32.2. The van der Waals surface area contributed by atoms with E-state index in [0.29, 0.717) is 37.1 Å². The first kappa shape index (κ1) is 20.9. The Morgan fingerprint density at radius 3 is 2.30 bits per heavy atom. The van der Waals surface area contributed by atoms with E-state index in [9.17, 15) is 8.42 Å². The molecule has 27 heavy (non-hydrogen) atoms. The number of guanidine groups is 1. The molecule has 0 aliphatic carbocycles. The van der Waals surface area contributed by atoms with Crippen LogP contribution in [0.25, 0.3) is 0 Å². The van der Waals surface area contributed by atoms with Gasteiger partial charge >= 0.3 is 0 Å². The Labute approximate surface area is 165 Å². The van der Waals surface area contributed by atoms with Crippen molar-refractivity contribution in [3.8, 4) is 0 Å². The van der Waals surface area contributed by atoms with E-state index in [-0.39, 0.29) is 0 Å². The van der Waals surface area contributed by atoms with Crippen LogP contribution in [0, 0.1) is 5.92 Å². The van der Waals surface area contributed by atoms with Gasteiger partial charge in [-0.15, -0.1) is 0 Å². The smallest absolute Gasteiger partial charge is 0.211 e. The molecule has 156 valence electrons. The minimum absolute atomic E-state index is 0.468. The fourth-order valence-corrected chi connectivity index (χ4v) is 5.77. The van der Waals surface area contributed by atoms with Crippen molar-refractivity contribution in [3.05, 3.63) is 0 Å². The largest absolute Gasteiger partial charge is 0.357 e. The third kappa shape index (κ3) is 5.57. The number of hydrogen-bond donors (Lipinski definition) is 2. The molecular weight excluding hydrogens is 362 g/mol. The van der Waals surface area contributed by atoms with Gasteiger partial charge in [0.1, 0.15) is 0 Å². The number of rotatable bonds is 5. The number of hydrogen-bond acceptors (Lipinski definition) is 4. The molecule has 3 fully saturated rings. The summed E-state index contributed by atoms with van der Waals surface area (Å²) < 4.78 is 24.9. The predicted molar refractivity (Wildman–Crippen MR) is 110 cm³/mol. The maximum atomic E-state index is 11.6. The lowest BCUT2D eigenvalue weighted by atomic mass is 9.82. The Hall–Kier alpha value is -0.860. The number of aliphatic imine (C=N–C) groups is 1. The molecule has 2 atom stereocenters. The van der Waals surface area contributed by atoms with Crippen LogP contribution < -0.4 is 10.6 Å². The van der Waals surface area contributed by atoms with Gasteiger partial charge in [0.15, 0.2) is 5.96 Å². The standard InChI is InChI=1S/C19H37N5O2S/c1-4-20-19(21-14-15-8-10-24(11-9-15)27(3,25)26)22-16-12-17-6-5-7-18(13-16)23(17)2/h15-18H,4-14H2,1-3H3,(H2,20,21,22). The van der Waals surface area contributed by atoms with Gasteiger partial charge in [0.2, 0.25) is 10.0 Å². The number of nitrogens with zero attached hydrogens (tertiary/aromatic N) is 3. The molecule has 7 nitrogen and oxygen atoms in total. The fourth-order valence-electron chi connectivity index (χ4n) is 4.89. The van der Waals surface area contributed by atoms with Crippen molar-refractivity contribution < 1.29 is 8.42 Å². The van der Waals surface area contributed by atoms with Gasteiger partial charge in [0, 0.05) is 44.3 Å². The van der Waals surface area contributed by atoms with Crippen molar-refractivity contribution >= 4 is 16.0 Å². The van der Waals surface area contributed by atoms with E-state index in [2.05, 4.69) is 29.5 Å². The van der Waals surface area contributed by atoms with Crippen LogP contribution in [0.4, 0.5) is 0 Å². The predicted octanol–water partition coefficient (Wildman–Crippen LogP) is 1.23. The second-order valence-electron chi connectivity index (χ2n) is 8.54. The molecule has 2 N–H and O–H groups in total. The number of nitrogens with one attached hydrogen (secondary N) is 2. The summed E-state index contributed by atoms with van der Waals surface area (Å²) in [4.78, 5) is 7.43. The Kier molecular flexibility index (Phi) is 7.03. The van der Waals surface area contributed by atoms with Gasteiger partial charge in [-0.1, -0.05) is 6.42 Å². The molecule has 3 aliphatic heterocycles. The van der Waals surface area contributed by atoms with E-state index in [1.807, 2.05) is 0 Å².